The van der Waals surface area contributed by atoms with Gasteiger partial charge in [0.2, 0.25) is 0 Å². The molecule has 3 N–H and O–H groups in total. The first-order chi connectivity index (χ1) is 21.4. The molecule has 4 atom stereocenters. The SMILES string of the molecule is CCn1nc2ccc(-c3nn(COCC[Si](C)(C)C)c4nc(N5[C@H]6CC[C@@H]5[C@@H](F)[C@@H](NC(=O)O)C6)c(CO)nc34)c(F)c2c1Cl. The van der Waals surface area contributed by atoms with Gasteiger partial charge < -0.3 is 25.2 Å². The van der Waals surface area contributed by atoms with Crippen LogP contribution in [0.3, 0.4) is 0 Å². The van der Waals surface area contributed by atoms with E-state index < -0.39 is 44.8 Å². The summed E-state index contributed by atoms with van der Waals surface area (Å²) in [7, 11) is -1.38. The minimum absolute atomic E-state index is 0.0230. The number of carbonyl (C=O) groups is 1. The monoisotopic (exact) mass is 662 g/mol. The van der Waals surface area contributed by atoms with Crippen molar-refractivity contribution >= 4 is 53.7 Å². The Morgan fingerprint density at radius 2 is 1.98 bits per heavy atom. The van der Waals surface area contributed by atoms with E-state index in [4.69, 9.17) is 31.4 Å². The molecule has 2 fully saturated rings. The van der Waals surface area contributed by atoms with Gasteiger partial charge in [-0.2, -0.15) is 10.2 Å². The minimum atomic E-state index is -1.48. The molecule has 2 aliphatic heterocycles. The molecule has 3 aromatic heterocycles. The molecule has 1 aromatic carbocycles. The van der Waals surface area contributed by atoms with Crippen molar-refractivity contribution in [3.8, 4) is 11.3 Å². The van der Waals surface area contributed by atoms with Crippen LogP contribution in [0.5, 0.6) is 0 Å². The van der Waals surface area contributed by atoms with Crippen molar-refractivity contribution in [1.29, 1.82) is 0 Å². The van der Waals surface area contributed by atoms with Crippen LogP contribution < -0.4 is 10.2 Å². The van der Waals surface area contributed by atoms with E-state index in [1.54, 1.807) is 12.1 Å². The number of carboxylic acid groups (broad SMARTS) is 1. The molecule has 0 spiro atoms. The maximum Gasteiger partial charge on any atom is 0.404 e. The molecule has 5 heterocycles. The summed E-state index contributed by atoms with van der Waals surface area (Å²) >= 11 is 6.49. The molecule has 0 aliphatic carbocycles. The fraction of sp³-hybridized carbons (Fsp3) is 0.552. The number of aryl methyl sites for hydroxylation is 1. The first kappa shape index (κ1) is 31.6. The first-order valence-electron chi connectivity index (χ1n) is 15.1. The Kier molecular flexibility index (Phi) is 8.47. The number of benzene rings is 1. The van der Waals surface area contributed by atoms with Crippen LogP contribution in [0.4, 0.5) is 19.4 Å². The highest BCUT2D eigenvalue weighted by atomic mass is 35.5. The predicted octanol–water partition coefficient (Wildman–Crippen LogP) is 5.18. The van der Waals surface area contributed by atoms with Gasteiger partial charge in [-0.15, -0.1) is 0 Å². The van der Waals surface area contributed by atoms with Crippen LogP contribution in [0.2, 0.25) is 30.8 Å². The molecular weight excluding hydrogens is 626 g/mol. The number of alkyl halides is 1. The second kappa shape index (κ2) is 12.1. The van der Waals surface area contributed by atoms with E-state index in [9.17, 15) is 15.0 Å². The van der Waals surface area contributed by atoms with E-state index in [1.165, 1.54) is 9.36 Å². The minimum Gasteiger partial charge on any atom is -0.465 e. The topological polar surface area (TPSA) is 143 Å². The number of anilines is 1. The number of aliphatic hydroxyl groups is 1. The zero-order valence-electron chi connectivity index (χ0n) is 25.6. The van der Waals surface area contributed by atoms with Gasteiger partial charge in [0.15, 0.2) is 11.5 Å². The number of nitrogens with zero attached hydrogens (tertiary/aromatic N) is 7. The Morgan fingerprint density at radius 3 is 2.67 bits per heavy atom. The number of amides is 1. The fourth-order valence-electron chi connectivity index (χ4n) is 6.44. The highest BCUT2D eigenvalue weighted by molar-refractivity contribution is 6.76. The molecule has 0 radical (unpaired) electrons. The standard InChI is InChI=1S/C29H37ClF2N8O4Si/c1-5-38-26(30)21-17(36-38)8-7-16(22(21)31)24-25-28(39(37-24)14-44-10-11-45(2,3)4)35-27(19(13-41)33-25)40-15-6-9-20(40)23(32)18(12-15)34-29(42)43/h7-8,15,18,20,23,34,41H,5-6,9-14H2,1-4H3,(H,42,43)/t15-,18-,20+,23-/m0/s1. The van der Waals surface area contributed by atoms with Crippen molar-refractivity contribution in [2.75, 3.05) is 11.5 Å². The smallest absolute Gasteiger partial charge is 0.404 e. The number of ether oxygens (including phenoxy) is 1. The lowest BCUT2D eigenvalue weighted by Gasteiger charge is -2.42. The molecule has 0 saturated carbocycles. The third kappa shape index (κ3) is 5.75. The Bertz CT molecular complexity index is 1760. The third-order valence-electron chi connectivity index (χ3n) is 8.69. The summed E-state index contributed by atoms with van der Waals surface area (Å²) in [5.74, 6) is -0.307. The Morgan fingerprint density at radius 1 is 1.20 bits per heavy atom. The van der Waals surface area contributed by atoms with Crippen LogP contribution in [-0.4, -0.2) is 84.8 Å². The average molecular weight is 663 g/mol. The van der Waals surface area contributed by atoms with E-state index in [2.05, 4.69) is 30.1 Å². The number of hydrogen-bond acceptors (Lipinski definition) is 8. The number of fused-ring (bicyclic) bond motifs is 4. The van der Waals surface area contributed by atoms with Crippen LogP contribution >= 0.6 is 11.6 Å². The van der Waals surface area contributed by atoms with E-state index in [0.717, 1.165) is 6.04 Å². The van der Waals surface area contributed by atoms with Gasteiger partial charge in [0.25, 0.3) is 0 Å². The van der Waals surface area contributed by atoms with Crippen molar-refractivity contribution < 1.29 is 28.5 Å². The lowest BCUT2D eigenvalue weighted by Crippen LogP contribution is -2.58. The number of piperidine rings is 1. The fourth-order valence-corrected chi connectivity index (χ4v) is 7.53. The zero-order valence-corrected chi connectivity index (χ0v) is 27.4. The average Bonchev–Trinajstić information content (AvgIpc) is 3.63. The Balaban J connectivity index is 1.46. The van der Waals surface area contributed by atoms with Gasteiger partial charge in [0.05, 0.1) is 29.6 Å². The second-order valence-electron chi connectivity index (χ2n) is 12.9. The number of nitrogens with one attached hydrogen (secondary N) is 1. The summed E-state index contributed by atoms with van der Waals surface area (Å²) < 4.78 is 40.9. The first-order valence-corrected chi connectivity index (χ1v) is 19.2. The van der Waals surface area contributed by atoms with E-state index in [-0.39, 0.29) is 52.2 Å². The van der Waals surface area contributed by atoms with Crippen molar-refractivity contribution in [2.24, 2.45) is 0 Å². The van der Waals surface area contributed by atoms with Gasteiger partial charge in [-0.05, 0) is 44.4 Å². The van der Waals surface area contributed by atoms with Gasteiger partial charge in [-0.25, -0.2) is 28.2 Å². The number of aliphatic hydroxyl groups excluding tert-OH is 1. The van der Waals surface area contributed by atoms with E-state index >= 15 is 8.78 Å². The van der Waals surface area contributed by atoms with Crippen LogP contribution in [0.15, 0.2) is 12.1 Å². The molecule has 16 heteroatoms. The number of rotatable bonds is 10. The third-order valence-corrected chi connectivity index (χ3v) is 10.8. The molecular formula is C29H37ClF2N8O4Si. The van der Waals surface area contributed by atoms with Crippen LogP contribution in [0.1, 0.15) is 31.9 Å². The summed E-state index contributed by atoms with van der Waals surface area (Å²) in [6.45, 7) is 9.10. The number of hydrogen-bond donors (Lipinski definition) is 3. The summed E-state index contributed by atoms with van der Waals surface area (Å²) in [5.41, 5.74) is 1.48. The second-order valence-corrected chi connectivity index (χ2v) is 18.9. The Hall–Kier alpha value is -3.40. The molecule has 2 aliphatic rings. The normalized spacial score (nSPS) is 21.7. The highest BCUT2D eigenvalue weighted by Gasteiger charge is 2.49. The lowest BCUT2D eigenvalue weighted by molar-refractivity contribution is 0.0814. The largest absolute Gasteiger partial charge is 0.465 e. The molecule has 45 heavy (non-hydrogen) atoms. The molecule has 2 bridgehead atoms. The molecule has 1 amide bonds. The summed E-state index contributed by atoms with van der Waals surface area (Å²) in [4.78, 5) is 22.8. The van der Waals surface area contributed by atoms with Gasteiger partial charge in [-0.3, -0.25) is 4.68 Å². The quantitative estimate of drug-likeness (QED) is 0.155. The Labute approximate surface area is 264 Å². The maximum atomic E-state index is 16.2. The molecule has 4 aromatic rings. The number of aromatic nitrogens is 6. The van der Waals surface area contributed by atoms with Crippen LogP contribution in [0.25, 0.3) is 33.3 Å². The summed E-state index contributed by atoms with van der Waals surface area (Å²) in [6.07, 6.45) is -1.38. The number of halogens is 3. The predicted molar refractivity (Wildman–Crippen MR) is 168 cm³/mol. The molecule has 0 unspecified atom stereocenters. The van der Waals surface area contributed by atoms with Crippen molar-refractivity contribution in [2.45, 2.75) is 96.1 Å². The summed E-state index contributed by atoms with van der Waals surface area (Å²) in [5, 5.41) is 31.4. The summed E-state index contributed by atoms with van der Waals surface area (Å²) in [6, 6.07) is 2.46. The van der Waals surface area contributed by atoms with Crippen LogP contribution in [-0.2, 0) is 24.6 Å². The maximum absolute atomic E-state index is 16.2. The van der Waals surface area contributed by atoms with Crippen molar-refractivity contribution in [3.05, 3.63) is 28.8 Å². The highest BCUT2D eigenvalue weighted by Crippen LogP contribution is 2.42. The van der Waals surface area contributed by atoms with Gasteiger partial charge in [0, 0.05) is 32.8 Å². The molecule has 6 rings (SSSR count). The molecule has 242 valence electrons. The van der Waals surface area contributed by atoms with E-state index in [0.29, 0.717) is 43.0 Å². The van der Waals surface area contributed by atoms with E-state index in [1.807, 2.05) is 11.8 Å². The van der Waals surface area contributed by atoms with Crippen LogP contribution in [0, 0.1) is 5.82 Å². The lowest BCUT2D eigenvalue weighted by atomic mass is 9.95. The van der Waals surface area contributed by atoms with Crippen molar-refractivity contribution in [1.82, 2.24) is 34.8 Å². The molecule has 2 saturated heterocycles. The molecule has 12 nitrogen and oxygen atoms in total. The van der Waals surface area contributed by atoms with Gasteiger partial charge in [0.1, 0.15) is 40.8 Å². The van der Waals surface area contributed by atoms with Gasteiger partial charge in [-0.1, -0.05) is 31.2 Å². The zero-order chi connectivity index (χ0) is 32.2. The van der Waals surface area contributed by atoms with Gasteiger partial charge >= 0.3 is 6.09 Å². The van der Waals surface area contributed by atoms with Crippen molar-refractivity contribution in [3.63, 3.8) is 0 Å².